The quantitative estimate of drug-likeness (QED) is 0.840. The molecule has 0 aromatic carbocycles. The topological polar surface area (TPSA) is 42.4 Å². The van der Waals surface area contributed by atoms with Gasteiger partial charge in [-0.2, -0.15) is 0 Å². The Hall–Kier alpha value is -1.10. The van der Waals surface area contributed by atoms with Crippen LogP contribution >= 0.6 is 11.3 Å². The maximum absolute atomic E-state index is 11.7. The summed E-state index contributed by atoms with van der Waals surface area (Å²) in [7, 11) is 0. The lowest BCUT2D eigenvalue weighted by Gasteiger charge is -2.30. The molecule has 1 saturated heterocycles. The van der Waals surface area contributed by atoms with Gasteiger partial charge in [0.2, 0.25) is 0 Å². The Kier molecular flexibility index (Phi) is 4.24. The van der Waals surface area contributed by atoms with Gasteiger partial charge in [-0.25, -0.2) is 9.78 Å². The summed E-state index contributed by atoms with van der Waals surface area (Å²) in [4.78, 5) is 19.9. The van der Waals surface area contributed by atoms with E-state index in [-0.39, 0.29) is 6.09 Å². The molecule has 3 rings (SSSR count). The smallest absolute Gasteiger partial charge is 0.409 e. The van der Waals surface area contributed by atoms with Gasteiger partial charge in [-0.1, -0.05) is 0 Å². The summed E-state index contributed by atoms with van der Waals surface area (Å²) in [5.74, 6) is 0.538. The molecule has 0 bridgehead atoms. The number of thiazole rings is 1. The lowest BCUT2D eigenvalue weighted by atomic mass is 9.97. The first-order chi connectivity index (χ1) is 9.78. The second-order valence-corrected chi connectivity index (χ2v) is 6.70. The Labute approximate surface area is 124 Å². The molecule has 4 nitrogen and oxygen atoms in total. The number of nitrogens with zero attached hydrogens (tertiary/aromatic N) is 2. The molecule has 0 atom stereocenters. The zero-order valence-electron chi connectivity index (χ0n) is 12.1. The summed E-state index contributed by atoms with van der Waals surface area (Å²) in [6.07, 6.45) is 6.86. The fourth-order valence-corrected chi connectivity index (χ4v) is 4.39. The first-order valence-corrected chi connectivity index (χ1v) is 8.49. The van der Waals surface area contributed by atoms with Crippen molar-refractivity contribution in [3.8, 4) is 0 Å². The number of ether oxygens (including phenoxy) is 1. The van der Waals surface area contributed by atoms with E-state index < -0.39 is 0 Å². The molecule has 1 aliphatic carbocycles. The number of aromatic nitrogens is 1. The highest BCUT2D eigenvalue weighted by atomic mass is 32.1. The minimum atomic E-state index is -0.163. The van der Waals surface area contributed by atoms with Crippen molar-refractivity contribution in [2.45, 2.75) is 51.4 Å². The summed E-state index contributed by atoms with van der Waals surface area (Å²) in [6.45, 7) is 3.91. The van der Waals surface area contributed by atoms with Gasteiger partial charge >= 0.3 is 6.09 Å². The molecule has 1 aliphatic heterocycles. The normalized spacial score (nSPS) is 19.8. The van der Waals surface area contributed by atoms with Crippen molar-refractivity contribution < 1.29 is 9.53 Å². The third kappa shape index (κ3) is 2.82. The van der Waals surface area contributed by atoms with Crippen molar-refractivity contribution in [1.82, 2.24) is 9.88 Å². The first-order valence-electron chi connectivity index (χ1n) is 7.68. The molecule has 0 spiro atoms. The van der Waals surface area contributed by atoms with E-state index >= 15 is 0 Å². The van der Waals surface area contributed by atoms with E-state index in [2.05, 4.69) is 0 Å². The molecular formula is C15H22N2O2S. The highest BCUT2D eigenvalue weighted by molar-refractivity contribution is 7.11. The summed E-state index contributed by atoms with van der Waals surface area (Å²) in [6, 6.07) is 0. The monoisotopic (exact) mass is 294 g/mol. The molecule has 1 amide bonds. The van der Waals surface area contributed by atoms with Crippen LogP contribution in [0.1, 0.15) is 54.1 Å². The van der Waals surface area contributed by atoms with Crippen LogP contribution in [0.4, 0.5) is 4.79 Å². The van der Waals surface area contributed by atoms with Gasteiger partial charge in [0.15, 0.2) is 0 Å². The molecule has 1 aromatic heterocycles. The number of rotatable bonds is 2. The van der Waals surface area contributed by atoms with E-state index in [1.165, 1.54) is 34.8 Å². The number of aryl methyl sites for hydroxylation is 2. The number of likely N-dealkylation sites (tertiary alicyclic amines) is 1. The molecular weight excluding hydrogens is 272 g/mol. The fraction of sp³-hybridized carbons (Fsp3) is 0.733. The molecule has 0 radical (unpaired) electrons. The predicted octanol–water partition coefficient (Wildman–Crippen LogP) is 3.36. The van der Waals surface area contributed by atoms with Gasteiger partial charge in [0.25, 0.3) is 0 Å². The largest absolute Gasteiger partial charge is 0.450 e. The minimum absolute atomic E-state index is 0.163. The molecule has 5 heteroatoms. The highest BCUT2D eigenvalue weighted by Crippen LogP contribution is 2.35. The van der Waals surface area contributed by atoms with E-state index in [9.17, 15) is 4.79 Å². The van der Waals surface area contributed by atoms with Crippen LogP contribution in [0.5, 0.6) is 0 Å². The van der Waals surface area contributed by atoms with Crippen LogP contribution in [0, 0.1) is 0 Å². The number of piperidine rings is 1. The second kappa shape index (κ2) is 6.12. The third-order valence-corrected chi connectivity index (χ3v) is 5.55. The van der Waals surface area contributed by atoms with Crippen molar-refractivity contribution in [3.05, 3.63) is 15.6 Å². The number of carbonyl (C=O) groups excluding carboxylic acids is 1. The molecule has 0 saturated carbocycles. The molecule has 1 fully saturated rings. The van der Waals surface area contributed by atoms with Gasteiger partial charge in [0.1, 0.15) is 0 Å². The van der Waals surface area contributed by atoms with Crippen LogP contribution in [0.3, 0.4) is 0 Å². The van der Waals surface area contributed by atoms with Crippen molar-refractivity contribution in [2.75, 3.05) is 19.7 Å². The summed E-state index contributed by atoms with van der Waals surface area (Å²) in [5, 5.41) is 1.31. The zero-order valence-corrected chi connectivity index (χ0v) is 12.9. The standard InChI is InChI=1S/C15H22N2O2S/c1-2-19-15(18)17-9-7-11(8-10-17)14-16-12-5-3-4-6-13(12)20-14/h11H,2-10H2,1H3. The van der Waals surface area contributed by atoms with Crippen molar-refractivity contribution >= 4 is 17.4 Å². The Morgan fingerprint density at radius 3 is 2.80 bits per heavy atom. The van der Waals surface area contributed by atoms with E-state index in [0.717, 1.165) is 32.4 Å². The summed E-state index contributed by atoms with van der Waals surface area (Å²) >= 11 is 1.92. The Morgan fingerprint density at radius 1 is 1.35 bits per heavy atom. The maximum atomic E-state index is 11.7. The van der Waals surface area contributed by atoms with Crippen LogP contribution < -0.4 is 0 Å². The van der Waals surface area contributed by atoms with Gasteiger partial charge in [-0.3, -0.25) is 0 Å². The minimum Gasteiger partial charge on any atom is -0.450 e. The Morgan fingerprint density at radius 2 is 2.10 bits per heavy atom. The molecule has 0 N–H and O–H groups in total. The van der Waals surface area contributed by atoms with Crippen LogP contribution in [-0.2, 0) is 17.6 Å². The van der Waals surface area contributed by atoms with Crippen LogP contribution in [0.2, 0.25) is 0 Å². The lowest BCUT2D eigenvalue weighted by Crippen LogP contribution is -2.38. The van der Waals surface area contributed by atoms with Gasteiger partial charge < -0.3 is 9.64 Å². The van der Waals surface area contributed by atoms with Crippen LogP contribution in [-0.4, -0.2) is 35.7 Å². The number of carbonyl (C=O) groups is 1. The van der Waals surface area contributed by atoms with Crippen LogP contribution in [0.15, 0.2) is 0 Å². The average molecular weight is 294 g/mol. The van der Waals surface area contributed by atoms with E-state index in [4.69, 9.17) is 9.72 Å². The van der Waals surface area contributed by atoms with Gasteiger partial charge in [-0.05, 0) is 45.4 Å². The molecule has 1 aromatic rings. The van der Waals surface area contributed by atoms with Gasteiger partial charge in [0.05, 0.1) is 17.3 Å². The van der Waals surface area contributed by atoms with Crippen molar-refractivity contribution in [1.29, 1.82) is 0 Å². The Balaban J connectivity index is 1.60. The van der Waals surface area contributed by atoms with Crippen molar-refractivity contribution in [3.63, 3.8) is 0 Å². The van der Waals surface area contributed by atoms with E-state index in [1.54, 1.807) is 0 Å². The second-order valence-electron chi connectivity index (χ2n) is 5.59. The average Bonchev–Trinajstić information content (AvgIpc) is 2.91. The fourth-order valence-electron chi connectivity index (χ4n) is 3.07. The molecule has 0 unspecified atom stereocenters. The summed E-state index contributed by atoms with van der Waals surface area (Å²) < 4.78 is 5.06. The summed E-state index contributed by atoms with van der Waals surface area (Å²) in [5.41, 5.74) is 1.35. The number of amides is 1. The number of fused-ring (bicyclic) bond motifs is 1. The molecule has 2 aliphatic rings. The third-order valence-electron chi connectivity index (χ3n) is 4.23. The highest BCUT2D eigenvalue weighted by Gasteiger charge is 2.27. The van der Waals surface area contributed by atoms with Crippen LogP contribution in [0.25, 0.3) is 0 Å². The van der Waals surface area contributed by atoms with Crippen molar-refractivity contribution in [2.24, 2.45) is 0 Å². The Bertz CT molecular complexity index is 455. The maximum Gasteiger partial charge on any atom is 0.409 e. The number of hydrogen-bond acceptors (Lipinski definition) is 4. The predicted molar refractivity (Wildman–Crippen MR) is 79.3 cm³/mol. The van der Waals surface area contributed by atoms with E-state index in [0.29, 0.717) is 12.5 Å². The molecule has 20 heavy (non-hydrogen) atoms. The molecule has 2 heterocycles. The number of hydrogen-bond donors (Lipinski definition) is 0. The zero-order chi connectivity index (χ0) is 13.9. The van der Waals surface area contributed by atoms with Gasteiger partial charge in [-0.15, -0.1) is 11.3 Å². The SMILES string of the molecule is CCOC(=O)N1CCC(c2nc3c(s2)CCCC3)CC1. The van der Waals surface area contributed by atoms with E-state index in [1.807, 2.05) is 23.2 Å². The molecule has 110 valence electrons. The lowest BCUT2D eigenvalue weighted by molar-refractivity contribution is 0.0970. The first kappa shape index (κ1) is 13.9. The van der Waals surface area contributed by atoms with Gasteiger partial charge in [0, 0.05) is 23.9 Å².